The van der Waals surface area contributed by atoms with E-state index < -0.39 is 0 Å². The molecule has 6 heteroatoms. The minimum Gasteiger partial charge on any atom is -0.497 e. The summed E-state index contributed by atoms with van der Waals surface area (Å²) in [7, 11) is 3.48. The lowest BCUT2D eigenvalue weighted by Gasteiger charge is -2.06. The predicted octanol–water partition coefficient (Wildman–Crippen LogP) is 2.14. The zero-order valence-corrected chi connectivity index (χ0v) is 11.2. The molecule has 2 rings (SSSR count). The molecular weight excluding hydrogens is 284 g/mol. The van der Waals surface area contributed by atoms with Gasteiger partial charge < -0.3 is 10.1 Å². The molecule has 1 N–H and O–H groups in total. The van der Waals surface area contributed by atoms with Gasteiger partial charge in [0.05, 0.1) is 13.7 Å². The molecule has 17 heavy (non-hydrogen) atoms. The van der Waals surface area contributed by atoms with E-state index in [1.807, 2.05) is 31.3 Å². The topological polar surface area (TPSA) is 52.0 Å². The highest BCUT2D eigenvalue weighted by Gasteiger charge is 2.06. The molecule has 90 valence electrons. The van der Waals surface area contributed by atoms with Crippen LogP contribution in [0.25, 0.3) is 0 Å². The van der Waals surface area contributed by atoms with Crippen LogP contribution in [0.4, 0.5) is 5.95 Å². The maximum atomic E-state index is 5.11. The van der Waals surface area contributed by atoms with Gasteiger partial charge in [-0.2, -0.15) is 4.98 Å². The molecule has 0 saturated carbocycles. The third-order valence-corrected chi connectivity index (χ3v) is 2.70. The van der Waals surface area contributed by atoms with Gasteiger partial charge in [-0.3, -0.25) is 0 Å². The van der Waals surface area contributed by atoms with Gasteiger partial charge in [-0.1, -0.05) is 12.1 Å². The summed E-state index contributed by atoms with van der Waals surface area (Å²) in [4.78, 5) is 4.19. The van der Waals surface area contributed by atoms with Crippen molar-refractivity contribution in [3.8, 4) is 5.75 Å². The van der Waals surface area contributed by atoms with E-state index in [4.69, 9.17) is 4.74 Å². The van der Waals surface area contributed by atoms with E-state index in [0.29, 0.717) is 11.3 Å². The molecule has 5 nitrogen and oxygen atoms in total. The van der Waals surface area contributed by atoms with Crippen molar-refractivity contribution < 1.29 is 4.74 Å². The number of hydrogen-bond acceptors (Lipinski definition) is 4. The van der Waals surface area contributed by atoms with Crippen molar-refractivity contribution >= 4 is 21.9 Å². The van der Waals surface area contributed by atoms with Crippen molar-refractivity contribution in [1.29, 1.82) is 0 Å². The van der Waals surface area contributed by atoms with E-state index in [0.717, 1.165) is 17.3 Å². The Morgan fingerprint density at radius 2 is 2.06 bits per heavy atom. The number of methoxy groups -OCH3 is 1. The average molecular weight is 297 g/mol. The van der Waals surface area contributed by atoms with Gasteiger partial charge >= 0.3 is 0 Å². The van der Waals surface area contributed by atoms with E-state index in [2.05, 4.69) is 31.3 Å². The van der Waals surface area contributed by atoms with E-state index >= 15 is 0 Å². The van der Waals surface area contributed by atoms with Crippen LogP contribution in [0.5, 0.6) is 5.75 Å². The maximum Gasteiger partial charge on any atom is 0.222 e. The van der Waals surface area contributed by atoms with Crippen molar-refractivity contribution in [3.05, 3.63) is 34.6 Å². The number of halogens is 1. The largest absolute Gasteiger partial charge is 0.497 e. The Bertz CT molecular complexity index is 495. The summed E-state index contributed by atoms with van der Waals surface area (Å²) in [5.41, 5.74) is 1.14. The Hall–Kier alpha value is -1.56. The summed E-state index contributed by atoms with van der Waals surface area (Å²) >= 11 is 3.26. The first-order valence-corrected chi connectivity index (χ1v) is 5.93. The molecule has 0 spiro atoms. The standard InChI is InChI=1S/C11H13BrN4O/c1-13-11-14-10(12)15-16(11)7-8-3-5-9(17-2)6-4-8/h3-6H,7H2,1-2H3,(H,13,14,15). The van der Waals surface area contributed by atoms with Gasteiger partial charge in [-0.15, -0.1) is 5.10 Å². The predicted molar refractivity (Wildman–Crippen MR) is 69.4 cm³/mol. The molecule has 0 saturated heterocycles. The molecule has 0 atom stereocenters. The lowest BCUT2D eigenvalue weighted by Crippen LogP contribution is -2.06. The fraction of sp³-hybridized carbons (Fsp3) is 0.273. The zero-order chi connectivity index (χ0) is 12.3. The second kappa shape index (κ2) is 5.18. The quantitative estimate of drug-likeness (QED) is 0.939. The van der Waals surface area contributed by atoms with Gasteiger partial charge in [0, 0.05) is 7.05 Å². The van der Waals surface area contributed by atoms with Crippen LogP contribution in [0.3, 0.4) is 0 Å². The highest BCUT2D eigenvalue weighted by molar-refractivity contribution is 9.10. The summed E-state index contributed by atoms with van der Waals surface area (Å²) in [5, 5.41) is 7.24. The molecule has 0 bridgehead atoms. The van der Waals surface area contributed by atoms with Gasteiger partial charge in [-0.05, 0) is 33.6 Å². The number of ether oxygens (including phenoxy) is 1. The van der Waals surface area contributed by atoms with Crippen LogP contribution in [-0.2, 0) is 6.54 Å². The molecule has 1 aromatic carbocycles. The number of anilines is 1. The number of nitrogens with one attached hydrogen (secondary N) is 1. The molecule has 0 radical (unpaired) electrons. The minimum absolute atomic E-state index is 0.579. The van der Waals surface area contributed by atoms with Crippen LogP contribution in [0.15, 0.2) is 29.0 Å². The molecule has 0 fully saturated rings. The number of hydrogen-bond donors (Lipinski definition) is 1. The maximum absolute atomic E-state index is 5.11. The number of aromatic nitrogens is 3. The van der Waals surface area contributed by atoms with Crippen LogP contribution < -0.4 is 10.1 Å². The molecule has 1 heterocycles. The summed E-state index contributed by atoms with van der Waals surface area (Å²) in [6.07, 6.45) is 0. The first kappa shape index (κ1) is 11.9. The van der Waals surface area contributed by atoms with Crippen molar-refractivity contribution in [1.82, 2.24) is 14.8 Å². The minimum atomic E-state index is 0.579. The Balaban J connectivity index is 2.18. The lowest BCUT2D eigenvalue weighted by atomic mass is 10.2. The van der Waals surface area contributed by atoms with Gasteiger partial charge in [0.2, 0.25) is 10.7 Å². The Morgan fingerprint density at radius 3 is 2.65 bits per heavy atom. The zero-order valence-electron chi connectivity index (χ0n) is 9.64. The highest BCUT2D eigenvalue weighted by atomic mass is 79.9. The monoisotopic (exact) mass is 296 g/mol. The fourth-order valence-electron chi connectivity index (χ4n) is 1.51. The van der Waals surface area contributed by atoms with Gasteiger partial charge in [-0.25, -0.2) is 4.68 Å². The van der Waals surface area contributed by atoms with Crippen LogP contribution in [0.1, 0.15) is 5.56 Å². The van der Waals surface area contributed by atoms with E-state index in [1.165, 1.54) is 0 Å². The summed E-state index contributed by atoms with van der Waals surface area (Å²) < 4.78 is 7.49. The molecule has 2 aromatic rings. The van der Waals surface area contributed by atoms with Crippen molar-refractivity contribution in [3.63, 3.8) is 0 Å². The normalized spacial score (nSPS) is 10.3. The van der Waals surface area contributed by atoms with E-state index in [9.17, 15) is 0 Å². The highest BCUT2D eigenvalue weighted by Crippen LogP contribution is 2.15. The molecule has 0 unspecified atom stereocenters. The number of nitrogens with zero attached hydrogens (tertiary/aromatic N) is 3. The third-order valence-electron chi connectivity index (χ3n) is 2.36. The fourth-order valence-corrected chi connectivity index (χ4v) is 1.87. The SMILES string of the molecule is CNc1nc(Br)nn1Cc1ccc(OC)cc1. The summed E-state index contributed by atoms with van der Waals surface area (Å²) in [6.45, 7) is 0.665. The van der Waals surface area contributed by atoms with Gasteiger partial charge in [0.15, 0.2) is 0 Å². The molecule has 0 aliphatic rings. The first-order chi connectivity index (χ1) is 8.22. The second-order valence-corrected chi connectivity index (χ2v) is 4.17. The molecule has 0 aliphatic carbocycles. The van der Waals surface area contributed by atoms with Crippen LogP contribution >= 0.6 is 15.9 Å². The van der Waals surface area contributed by atoms with E-state index in [-0.39, 0.29) is 0 Å². The molecule has 0 aliphatic heterocycles. The average Bonchev–Trinajstić information content (AvgIpc) is 2.70. The lowest BCUT2D eigenvalue weighted by molar-refractivity contribution is 0.414. The second-order valence-electron chi connectivity index (χ2n) is 3.46. The van der Waals surface area contributed by atoms with Crippen LogP contribution in [0, 0.1) is 0 Å². The van der Waals surface area contributed by atoms with Crippen LogP contribution in [-0.4, -0.2) is 28.9 Å². The molecule has 1 aromatic heterocycles. The Labute approximate surface area is 108 Å². The Morgan fingerprint density at radius 1 is 1.35 bits per heavy atom. The number of benzene rings is 1. The van der Waals surface area contributed by atoms with Gasteiger partial charge in [0.1, 0.15) is 5.75 Å². The molecular formula is C11H13BrN4O. The smallest absolute Gasteiger partial charge is 0.222 e. The number of rotatable bonds is 4. The summed E-state index contributed by atoms with van der Waals surface area (Å²) in [5.74, 6) is 1.58. The summed E-state index contributed by atoms with van der Waals surface area (Å²) in [6, 6.07) is 7.88. The van der Waals surface area contributed by atoms with Crippen molar-refractivity contribution in [2.45, 2.75) is 6.54 Å². The van der Waals surface area contributed by atoms with E-state index in [1.54, 1.807) is 11.8 Å². The Kier molecular flexibility index (Phi) is 3.63. The van der Waals surface area contributed by atoms with Crippen molar-refractivity contribution in [2.75, 3.05) is 19.5 Å². The van der Waals surface area contributed by atoms with Gasteiger partial charge in [0.25, 0.3) is 0 Å². The third kappa shape index (κ3) is 2.76. The first-order valence-electron chi connectivity index (χ1n) is 5.14. The molecule has 0 amide bonds. The van der Waals surface area contributed by atoms with Crippen molar-refractivity contribution in [2.24, 2.45) is 0 Å². The van der Waals surface area contributed by atoms with Crippen LogP contribution in [0.2, 0.25) is 0 Å².